The molecule has 5 nitrogen and oxygen atoms in total. The number of hydrogen-bond donors (Lipinski definition) is 1. The van der Waals surface area contributed by atoms with Crippen LogP contribution in [0.5, 0.6) is 5.75 Å². The van der Waals surface area contributed by atoms with Crippen molar-refractivity contribution in [2.45, 2.75) is 25.1 Å². The van der Waals surface area contributed by atoms with E-state index in [1.54, 1.807) is 29.2 Å². The van der Waals surface area contributed by atoms with Crippen LogP contribution in [0.25, 0.3) is 0 Å². The number of hydrogen-bond acceptors (Lipinski definition) is 3. The largest absolute Gasteiger partial charge is 0.497 e. The van der Waals surface area contributed by atoms with Crippen LogP contribution in [0, 0.1) is 0 Å². The van der Waals surface area contributed by atoms with Crippen molar-refractivity contribution >= 4 is 11.8 Å². The van der Waals surface area contributed by atoms with Crippen LogP contribution >= 0.6 is 0 Å². The molecule has 0 spiro atoms. The van der Waals surface area contributed by atoms with Crippen LogP contribution in [0.2, 0.25) is 0 Å². The summed E-state index contributed by atoms with van der Waals surface area (Å²) < 4.78 is 41.6. The quantitative estimate of drug-likeness (QED) is 0.922. The summed E-state index contributed by atoms with van der Waals surface area (Å²) in [6.45, 7) is 0.599. The van der Waals surface area contributed by atoms with E-state index in [0.717, 1.165) is 0 Å². The topological polar surface area (TPSA) is 58.6 Å². The zero-order valence-corrected chi connectivity index (χ0v) is 12.5. The fourth-order valence-corrected chi connectivity index (χ4v) is 2.41. The molecule has 1 fully saturated rings. The molecular formula is C15H17F3N2O3. The van der Waals surface area contributed by atoms with Gasteiger partial charge in [-0.1, -0.05) is 0 Å². The average molecular weight is 330 g/mol. The Morgan fingerprint density at radius 3 is 2.22 bits per heavy atom. The Balaban J connectivity index is 1.88. The number of halogens is 3. The van der Waals surface area contributed by atoms with Gasteiger partial charge in [-0.05, 0) is 37.1 Å². The summed E-state index contributed by atoms with van der Waals surface area (Å²) in [5.41, 5.74) is 0.489. The molecule has 0 saturated carbocycles. The molecule has 0 radical (unpaired) electrons. The number of nitrogens with zero attached hydrogens (tertiary/aromatic N) is 1. The van der Waals surface area contributed by atoms with Gasteiger partial charge in [-0.25, -0.2) is 0 Å². The van der Waals surface area contributed by atoms with Crippen LogP contribution in [-0.2, 0) is 4.79 Å². The Labute approximate surface area is 131 Å². The predicted molar refractivity (Wildman–Crippen MR) is 76.1 cm³/mol. The van der Waals surface area contributed by atoms with Gasteiger partial charge in [0, 0.05) is 24.7 Å². The zero-order chi connectivity index (χ0) is 17.0. The highest BCUT2D eigenvalue weighted by molar-refractivity contribution is 5.94. The zero-order valence-electron chi connectivity index (χ0n) is 12.5. The number of nitrogens with one attached hydrogen (secondary N) is 1. The standard InChI is InChI=1S/C15H17F3N2O3/c1-23-12-4-2-10(3-5-12)13(21)20-8-6-11(7-9-20)19-14(22)15(16,17)18/h2-5,11H,6-9H2,1H3,(H,19,22). The highest BCUT2D eigenvalue weighted by Crippen LogP contribution is 2.19. The smallest absolute Gasteiger partial charge is 0.471 e. The van der Waals surface area contributed by atoms with Crippen molar-refractivity contribution in [1.29, 1.82) is 0 Å². The number of benzene rings is 1. The molecule has 0 unspecified atom stereocenters. The van der Waals surface area contributed by atoms with Gasteiger partial charge in [0.15, 0.2) is 0 Å². The van der Waals surface area contributed by atoms with E-state index in [9.17, 15) is 22.8 Å². The lowest BCUT2D eigenvalue weighted by atomic mass is 10.0. The molecule has 2 amide bonds. The SMILES string of the molecule is COc1ccc(C(=O)N2CCC(NC(=O)C(F)(F)F)CC2)cc1. The molecular weight excluding hydrogens is 313 g/mol. The van der Waals surface area contributed by atoms with Gasteiger partial charge in [-0.3, -0.25) is 9.59 Å². The second-order valence-electron chi connectivity index (χ2n) is 5.27. The summed E-state index contributed by atoms with van der Waals surface area (Å²) in [5.74, 6) is -1.49. The third-order valence-corrected chi connectivity index (χ3v) is 3.71. The van der Waals surface area contributed by atoms with E-state index < -0.39 is 18.1 Å². The van der Waals surface area contributed by atoms with Crippen LogP contribution in [0.15, 0.2) is 24.3 Å². The maximum Gasteiger partial charge on any atom is 0.471 e. The van der Waals surface area contributed by atoms with Gasteiger partial charge < -0.3 is 15.0 Å². The predicted octanol–water partition coefficient (Wildman–Crippen LogP) is 1.98. The minimum Gasteiger partial charge on any atom is -0.497 e. The van der Waals surface area contributed by atoms with Gasteiger partial charge in [0.2, 0.25) is 0 Å². The number of carbonyl (C=O) groups excluding carboxylic acids is 2. The van der Waals surface area contributed by atoms with Gasteiger partial charge in [-0.15, -0.1) is 0 Å². The summed E-state index contributed by atoms with van der Waals surface area (Å²) in [5, 5.41) is 1.95. The molecule has 0 aromatic heterocycles. The molecule has 0 aliphatic carbocycles. The Bertz CT molecular complexity index is 564. The van der Waals surface area contributed by atoms with E-state index in [1.165, 1.54) is 7.11 Å². The lowest BCUT2D eigenvalue weighted by molar-refractivity contribution is -0.174. The normalized spacial score (nSPS) is 16.1. The Kier molecular flexibility index (Phi) is 5.12. The summed E-state index contributed by atoms with van der Waals surface area (Å²) >= 11 is 0. The van der Waals surface area contributed by atoms with Gasteiger partial charge in [0.05, 0.1) is 7.11 Å². The second-order valence-corrected chi connectivity index (χ2v) is 5.27. The third kappa shape index (κ3) is 4.37. The van der Waals surface area contributed by atoms with Crippen molar-refractivity contribution in [3.05, 3.63) is 29.8 Å². The number of carbonyl (C=O) groups is 2. The van der Waals surface area contributed by atoms with Gasteiger partial charge >= 0.3 is 12.1 Å². The van der Waals surface area contributed by atoms with Crippen molar-refractivity contribution in [3.8, 4) is 5.75 Å². The number of likely N-dealkylation sites (tertiary alicyclic amines) is 1. The lowest BCUT2D eigenvalue weighted by Gasteiger charge is -2.32. The summed E-state index contributed by atoms with van der Waals surface area (Å²) in [4.78, 5) is 24.8. The van der Waals surface area contributed by atoms with Crippen molar-refractivity contribution in [1.82, 2.24) is 10.2 Å². The number of alkyl halides is 3. The molecule has 1 heterocycles. The van der Waals surface area contributed by atoms with Crippen LogP contribution < -0.4 is 10.1 Å². The molecule has 8 heteroatoms. The van der Waals surface area contributed by atoms with E-state index in [4.69, 9.17) is 4.74 Å². The number of rotatable bonds is 3. The average Bonchev–Trinajstić information content (AvgIpc) is 2.54. The van der Waals surface area contributed by atoms with Crippen LogP contribution in [-0.4, -0.2) is 49.1 Å². The molecule has 1 aromatic carbocycles. The summed E-state index contributed by atoms with van der Waals surface area (Å²) in [7, 11) is 1.52. The molecule has 2 rings (SSSR count). The van der Waals surface area contributed by atoms with E-state index in [1.807, 2.05) is 5.32 Å². The highest BCUT2D eigenvalue weighted by atomic mass is 19.4. The second kappa shape index (κ2) is 6.89. The van der Waals surface area contributed by atoms with Crippen LogP contribution in [0.3, 0.4) is 0 Å². The molecule has 0 bridgehead atoms. The fraction of sp³-hybridized carbons (Fsp3) is 0.467. The Morgan fingerprint density at radius 1 is 1.17 bits per heavy atom. The first-order chi connectivity index (χ1) is 10.8. The number of amides is 2. The maximum absolute atomic E-state index is 12.3. The number of piperidine rings is 1. The van der Waals surface area contributed by atoms with Crippen molar-refractivity contribution in [2.24, 2.45) is 0 Å². The minimum absolute atomic E-state index is 0.187. The van der Waals surface area contributed by atoms with Crippen LogP contribution in [0.1, 0.15) is 23.2 Å². The minimum atomic E-state index is -4.88. The van der Waals surface area contributed by atoms with E-state index in [0.29, 0.717) is 37.2 Å². The maximum atomic E-state index is 12.3. The molecule has 1 aliphatic heterocycles. The van der Waals surface area contributed by atoms with Gasteiger partial charge in [0.1, 0.15) is 5.75 Å². The highest BCUT2D eigenvalue weighted by Gasteiger charge is 2.40. The lowest BCUT2D eigenvalue weighted by Crippen LogP contribution is -2.49. The van der Waals surface area contributed by atoms with E-state index in [2.05, 4.69) is 0 Å². The molecule has 0 atom stereocenters. The van der Waals surface area contributed by atoms with Gasteiger partial charge in [-0.2, -0.15) is 13.2 Å². The van der Waals surface area contributed by atoms with E-state index >= 15 is 0 Å². The number of methoxy groups -OCH3 is 1. The first kappa shape index (κ1) is 17.1. The molecule has 1 aliphatic rings. The first-order valence-corrected chi connectivity index (χ1v) is 7.12. The van der Waals surface area contributed by atoms with Crippen molar-refractivity contribution < 1.29 is 27.5 Å². The van der Waals surface area contributed by atoms with E-state index in [-0.39, 0.29) is 5.91 Å². The van der Waals surface area contributed by atoms with Gasteiger partial charge in [0.25, 0.3) is 5.91 Å². The van der Waals surface area contributed by atoms with Crippen molar-refractivity contribution in [2.75, 3.05) is 20.2 Å². The third-order valence-electron chi connectivity index (χ3n) is 3.71. The molecule has 23 heavy (non-hydrogen) atoms. The monoisotopic (exact) mass is 330 g/mol. The molecule has 1 aromatic rings. The Morgan fingerprint density at radius 2 is 1.74 bits per heavy atom. The molecule has 1 saturated heterocycles. The van der Waals surface area contributed by atoms with Crippen molar-refractivity contribution in [3.63, 3.8) is 0 Å². The fourth-order valence-electron chi connectivity index (χ4n) is 2.41. The summed E-state index contributed by atoms with van der Waals surface area (Å²) in [6.07, 6.45) is -4.29. The number of ether oxygens (including phenoxy) is 1. The molecule has 1 N–H and O–H groups in total. The molecule has 126 valence electrons. The van der Waals surface area contributed by atoms with Crippen LogP contribution in [0.4, 0.5) is 13.2 Å². The Hall–Kier alpha value is -2.25. The first-order valence-electron chi connectivity index (χ1n) is 7.12. The summed E-state index contributed by atoms with van der Waals surface area (Å²) in [6, 6.07) is 6.05.